The lowest BCUT2D eigenvalue weighted by molar-refractivity contribution is -0.384. The first-order valence-electron chi connectivity index (χ1n) is 9.09. The van der Waals surface area contributed by atoms with Gasteiger partial charge < -0.3 is 9.88 Å². The van der Waals surface area contributed by atoms with Gasteiger partial charge in [0.05, 0.1) is 10.7 Å². The fourth-order valence-electron chi connectivity index (χ4n) is 2.66. The number of hydrogen-bond donors (Lipinski definition) is 1. The van der Waals surface area contributed by atoms with Gasteiger partial charge in [0.25, 0.3) is 5.69 Å². The van der Waals surface area contributed by atoms with Crippen molar-refractivity contribution >= 4 is 34.8 Å². The molecule has 0 radical (unpaired) electrons. The summed E-state index contributed by atoms with van der Waals surface area (Å²) in [6.07, 6.45) is 0.387. The minimum Gasteiger partial charge on any atom is -0.326 e. The molecular formula is C20H19N5O4S. The molecule has 0 aliphatic carbocycles. The van der Waals surface area contributed by atoms with Gasteiger partial charge in [0.15, 0.2) is 16.8 Å². The minimum atomic E-state index is -0.507. The molecule has 1 N–H and O–H groups in total. The summed E-state index contributed by atoms with van der Waals surface area (Å²) in [6.45, 7) is 1.78. The highest BCUT2D eigenvalue weighted by Crippen LogP contribution is 2.25. The average molecular weight is 425 g/mol. The first-order chi connectivity index (χ1) is 14.4. The summed E-state index contributed by atoms with van der Waals surface area (Å²) < 4.78 is 1.77. The molecule has 1 aromatic heterocycles. The Morgan fingerprint density at radius 3 is 2.57 bits per heavy atom. The van der Waals surface area contributed by atoms with E-state index in [-0.39, 0.29) is 23.1 Å². The normalized spacial score (nSPS) is 10.6. The highest BCUT2D eigenvalue weighted by molar-refractivity contribution is 7.99. The maximum absolute atomic E-state index is 12.4. The maximum Gasteiger partial charge on any atom is 0.269 e. The molecule has 0 saturated carbocycles. The number of aromatic nitrogens is 3. The zero-order valence-electron chi connectivity index (χ0n) is 16.4. The second kappa shape index (κ2) is 9.31. The molecular weight excluding hydrogens is 406 g/mol. The summed E-state index contributed by atoms with van der Waals surface area (Å²) >= 11 is 1.23. The topological polar surface area (TPSA) is 120 Å². The second-order valence-corrected chi connectivity index (χ2v) is 7.31. The molecule has 0 atom stereocenters. The number of anilines is 1. The van der Waals surface area contributed by atoms with E-state index in [1.54, 1.807) is 24.6 Å². The van der Waals surface area contributed by atoms with E-state index in [1.807, 2.05) is 18.2 Å². The van der Waals surface area contributed by atoms with Crippen LogP contribution < -0.4 is 5.32 Å². The maximum atomic E-state index is 12.4. The van der Waals surface area contributed by atoms with Crippen LogP contribution in [0.5, 0.6) is 0 Å². The van der Waals surface area contributed by atoms with Crippen LogP contribution in [0.2, 0.25) is 0 Å². The Kier molecular flexibility index (Phi) is 6.58. The highest BCUT2D eigenvalue weighted by Gasteiger charge is 2.15. The molecule has 3 aromatic rings. The van der Waals surface area contributed by atoms with Gasteiger partial charge in [-0.1, -0.05) is 30.8 Å². The lowest BCUT2D eigenvalue weighted by Gasteiger charge is -2.07. The van der Waals surface area contributed by atoms with E-state index in [2.05, 4.69) is 15.5 Å². The SMILES string of the molecule is CCC(=O)Nc1cccc(-c2nnc(SCC(=O)c3ccc([N+](=O)[O-])cc3)n2C)c1. The quantitative estimate of drug-likeness (QED) is 0.253. The zero-order chi connectivity index (χ0) is 21.7. The third-order valence-electron chi connectivity index (χ3n) is 4.29. The molecule has 3 rings (SSSR count). The number of hydrogen-bond acceptors (Lipinski definition) is 7. The van der Waals surface area contributed by atoms with Crippen molar-refractivity contribution in [2.45, 2.75) is 18.5 Å². The molecule has 0 aliphatic heterocycles. The Balaban J connectivity index is 1.70. The Labute approximate surface area is 176 Å². The predicted octanol–water partition coefficient (Wildman–Crippen LogP) is 3.71. The summed E-state index contributed by atoms with van der Waals surface area (Å²) in [5, 5.41) is 22.4. The van der Waals surface area contributed by atoms with Crippen LogP contribution in [0.1, 0.15) is 23.7 Å². The first kappa shape index (κ1) is 21.2. The smallest absolute Gasteiger partial charge is 0.269 e. The van der Waals surface area contributed by atoms with Crippen molar-refractivity contribution in [3.05, 3.63) is 64.2 Å². The number of non-ortho nitro benzene ring substituents is 1. The lowest BCUT2D eigenvalue weighted by Crippen LogP contribution is -2.09. The number of Topliss-reactive ketones (excluding diaryl/α,β-unsaturated/α-hetero) is 1. The number of nitro benzene ring substituents is 1. The molecule has 1 amide bonds. The molecule has 30 heavy (non-hydrogen) atoms. The van der Waals surface area contributed by atoms with Crippen LogP contribution in [0.4, 0.5) is 11.4 Å². The van der Waals surface area contributed by atoms with E-state index >= 15 is 0 Å². The molecule has 0 unspecified atom stereocenters. The fourth-order valence-corrected chi connectivity index (χ4v) is 3.47. The summed E-state index contributed by atoms with van der Waals surface area (Å²) in [4.78, 5) is 34.2. The standard InChI is InChI=1S/C20H19N5O4S/c1-3-18(27)21-15-6-4-5-14(11-15)19-22-23-20(24(19)2)30-12-17(26)13-7-9-16(10-8-13)25(28)29/h4-11H,3,12H2,1-2H3,(H,21,27). The van der Waals surface area contributed by atoms with Gasteiger partial charge in [-0.15, -0.1) is 10.2 Å². The van der Waals surface area contributed by atoms with Crippen molar-refractivity contribution in [2.24, 2.45) is 7.05 Å². The van der Waals surface area contributed by atoms with Crippen molar-refractivity contribution in [3.8, 4) is 11.4 Å². The van der Waals surface area contributed by atoms with Crippen molar-refractivity contribution in [2.75, 3.05) is 11.1 Å². The Hall–Kier alpha value is -3.53. The van der Waals surface area contributed by atoms with E-state index in [4.69, 9.17) is 0 Å². The van der Waals surface area contributed by atoms with E-state index in [0.717, 1.165) is 5.56 Å². The number of carbonyl (C=O) groups is 2. The van der Waals surface area contributed by atoms with Gasteiger partial charge in [0, 0.05) is 42.4 Å². The average Bonchev–Trinajstić information content (AvgIpc) is 3.12. The Morgan fingerprint density at radius 2 is 1.90 bits per heavy atom. The molecule has 154 valence electrons. The fraction of sp³-hybridized carbons (Fsp3) is 0.200. The molecule has 10 heteroatoms. The summed E-state index contributed by atoms with van der Waals surface area (Å²) in [5.41, 5.74) is 1.79. The molecule has 0 spiro atoms. The highest BCUT2D eigenvalue weighted by atomic mass is 32.2. The second-order valence-electron chi connectivity index (χ2n) is 6.36. The van der Waals surface area contributed by atoms with Crippen LogP contribution in [0, 0.1) is 10.1 Å². The molecule has 1 heterocycles. The van der Waals surface area contributed by atoms with Crippen LogP contribution in [0.25, 0.3) is 11.4 Å². The number of nitro groups is 1. The molecule has 0 bridgehead atoms. The summed E-state index contributed by atoms with van der Waals surface area (Å²) in [5.74, 6) is 0.485. The van der Waals surface area contributed by atoms with Crippen molar-refractivity contribution < 1.29 is 14.5 Å². The number of carbonyl (C=O) groups excluding carboxylic acids is 2. The van der Waals surface area contributed by atoms with Gasteiger partial charge in [0.2, 0.25) is 5.91 Å². The monoisotopic (exact) mass is 425 g/mol. The number of ketones is 1. The van der Waals surface area contributed by atoms with Crippen LogP contribution in [0.3, 0.4) is 0 Å². The molecule has 0 aliphatic rings. The van der Waals surface area contributed by atoms with Gasteiger partial charge >= 0.3 is 0 Å². The van der Waals surface area contributed by atoms with Crippen LogP contribution >= 0.6 is 11.8 Å². The number of benzene rings is 2. The van der Waals surface area contributed by atoms with Gasteiger partial charge in [0.1, 0.15) is 0 Å². The van der Waals surface area contributed by atoms with Crippen LogP contribution in [-0.4, -0.2) is 37.1 Å². The summed E-state index contributed by atoms with van der Waals surface area (Å²) in [6, 6.07) is 12.8. The molecule has 0 fully saturated rings. The van der Waals surface area contributed by atoms with Gasteiger partial charge in [-0.25, -0.2) is 0 Å². The van der Waals surface area contributed by atoms with E-state index in [9.17, 15) is 19.7 Å². The Bertz CT molecular complexity index is 1090. The van der Waals surface area contributed by atoms with Gasteiger partial charge in [-0.2, -0.15) is 0 Å². The van der Waals surface area contributed by atoms with Crippen molar-refractivity contribution in [3.63, 3.8) is 0 Å². The van der Waals surface area contributed by atoms with Gasteiger partial charge in [-0.05, 0) is 24.3 Å². The number of amides is 1. The Morgan fingerprint density at radius 1 is 1.17 bits per heavy atom. The number of nitrogens with zero attached hydrogens (tertiary/aromatic N) is 4. The largest absolute Gasteiger partial charge is 0.326 e. The lowest BCUT2D eigenvalue weighted by atomic mass is 10.1. The van der Waals surface area contributed by atoms with Crippen molar-refractivity contribution in [1.82, 2.24) is 14.8 Å². The third kappa shape index (κ3) is 4.90. The van der Waals surface area contributed by atoms with Crippen molar-refractivity contribution in [1.29, 1.82) is 0 Å². The number of thioether (sulfide) groups is 1. The molecule has 9 nitrogen and oxygen atoms in total. The summed E-state index contributed by atoms with van der Waals surface area (Å²) in [7, 11) is 1.80. The molecule has 2 aromatic carbocycles. The number of nitrogens with one attached hydrogen (secondary N) is 1. The van der Waals surface area contributed by atoms with Crippen LogP contribution in [-0.2, 0) is 11.8 Å². The van der Waals surface area contributed by atoms with E-state index in [0.29, 0.717) is 28.7 Å². The van der Waals surface area contributed by atoms with E-state index in [1.165, 1.54) is 36.0 Å². The van der Waals surface area contributed by atoms with E-state index < -0.39 is 4.92 Å². The third-order valence-corrected chi connectivity index (χ3v) is 5.31. The first-order valence-corrected chi connectivity index (χ1v) is 10.1. The number of rotatable bonds is 8. The minimum absolute atomic E-state index is 0.0606. The predicted molar refractivity (Wildman–Crippen MR) is 114 cm³/mol. The van der Waals surface area contributed by atoms with Gasteiger partial charge in [-0.3, -0.25) is 19.7 Å². The zero-order valence-corrected chi connectivity index (χ0v) is 17.2. The van der Waals surface area contributed by atoms with Crippen LogP contribution in [0.15, 0.2) is 53.7 Å². The molecule has 0 saturated heterocycles.